The summed E-state index contributed by atoms with van der Waals surface area (Å²) >= 11 is 0. The van der Waals surface area contributed by atoms with Crippen molar-refractivity contribution in [3.63, 3.8) is 0 Å². The highest BCUT2D eigenvalue weighted by molar-refractivity contribution is 5.66. The number of rotatable bonds is 5. The quantitative estimate of drug-likeness (QED) is 0.907. The topological polar surface area (TPSA) is 34.1 Å². The molecule has 1 aromatic carbocycles. The number of pyridine rings is 1. The third kappa shape index (κ3) is 3.33. The van der Waals surface area contributed by atoms with Gasteiger partial charge in [-0.25, -0.2) is 4.39 Å². The summed E-state index contributed by atoms with van der Waals surface area (Å²) in [4.78, 5) is 4.26. The number of hydrogen-bond acceptors (Lipinski definition) is 3. The van der Waals surface area contributed by atoms with Crippen LogP contribution in [0.25, 0.3) is 11.3 Å². The van der Waals surface area contributed by atoms with Gasteiger partial charge in [-0.05, 0) is 18.2 Å². The van der Waals surface area contributed by atoms with Crippen molar-refractivity contribution in [2.75, 3.05) is 7.11 Å². The smallest absolute Gasteiger partial charge is 0.145 e. The Morgan fingerprint density at radius 2 is 2.10 bits per heavy atom. The minimum Gasteiger partial charge on any atom is -0.494 e. The Bertz CT molecular complexity index is 584. The zero-order valence-corrected chi connectivity index (χ0v) is 12.0. The van der Waals surface area contributed by atoms with Crippen molar-refractivity contribution in [1.82, 2.24) is 10.3 Å². The molecule has 0 aliphatic rings. The Balaban J connectivity index is 2.28. The molecule has 1 aromatic heterocycles. The summed E-state index contributed by atoms with van der Waals surface area (Å²) in [5, 5.41) is 3.20. The second-order valence-corrected chi connectivity index (χ2v) is 4.90. The number of nitrogens with zero attached hydrogens (tertiary/aromatic N) is 1. The minimum absolute atomic E-state index is 0.233. The molecule has 0 amide bonds. The molecule has 4 heteroatoms. The van der Waals surface area contributed by atoms with Crippen LogP contribution in [-0.2, 0) is 6.54 Å². The number of halogens is 1. The highest BCUT2D eigenvalue weighted by Gasteiger charge is 2.10. The second-order valence-electron chi connectivity index (χ2n) is 4.90. The molecule has 3 nitrogen and oxygen atoms in total. The summed E-state index contributed by atoms with van der Waals surface area (Å²) < 4.78 is 19.4. The van der Waals surface area contributed by atoms with E-state index in [1.54, 1.807) is 25.4 Å². The molecule has 2 aromatic rings. The predicted octanol–water partition coefficient (Wildman–Crippen LogP) is 3.39. The largest absolute Gasteiger partial charge is 0.494 e. The van der Waals surface area contributed by atoms with Crippen molar-refractivity contribution in [3.8, 4) is 17.0 Å². The van der Waals surface area contributed by atoms with Crippen LogP contribution in [-0.4, -0.2) is 18.1 Å². The lowest BCUT2D eigenvalue weighted by atomic mass is 10.1. The fourth-order valence-electron chi connectivity index (χ4n) is 1.92. The SMILES string of the molecule is COc1cccnc1-c1ccc(CNC(C)C)c(F)c1. The number of ether oxygens (including phenoxy) is 1. The van der Waals surface area contributed by atoms with Gasteiger partial charge in [0.2, 0.25) is 0 Å². The second kappa shape index (κ2) is 6.48. The maximum Gasteiger partial charge on any atom is 0.145 e. The molecule has 0 unspecified atom stereocenters. The molecule has 1 N–H and O–H groups in total. The monoisotopic (exact) mass is 274 g/mol. The Kier molecular flexibility index (Phi) is 4.69. The molecule has 1 heterocycles. The summed E-state index contributed by atoms with van der Waals surface area (Å²) in [5.41, 5.74) is 2.02. The maximum atomic E-state index is 14.1. The van der Waals surface area contributed by atoms with Crippen molar-refractivity contribution in [1.29, 1.82) is 0 Å². The van der Waals surface area contributed by atoms with Gasteiger partial charge in [0.1, 0.15) is 17.3 Å². The number of benzene rings is 1. The standard InChI is InChI=1S/C16H19FN2O/c1-11(2)19-10-13-7-6-12(9-14(13)17)16-15(20-3)5-4-8-18-16/h4-9,11,19H,10H2,1-3H3. The molecular weight excluding hydrogens is 255 g/mol. The van der Waals surface area contributed by atoms with Gasteiger partial charge in [-0.3, -0.25) is 4.98 Å². The number of aromatic nitrogens is 1. The van der Waals surface area contributed by atoms with Crippen LogP contribution in [0.4, 0.5) is 4.39 Å². The molecule has 0 bridgehead atoms. The normalized spacial score (nSPS) is 10.8. The molecule has 2 rings (SSSR count). The lowest BCUT2D eigenvalue weighted by molar-refractivity contribution is 0.415. The van der Waals surface area contributed by atoms with Gasteiger partial charge in [0, 0.05) is 29.9 Å². The van der Waals surface area contributed by atoms with Crippen molar-refractivity contribution in [3.05, 3.63) is 47.9 Å². The van der Waals surface area contributed by atoms with E-state index in [1.165, 1.54) is 6.07 Å². The lowest BCUT2D eigenvalue weighted by Crippen LogP contribution is -2.22. The number of nitrogens with one attached hydrogen (secondary N) is 1. The van der Waals surface area contributed by atoms with Crippen LogP contribution in [0, 0.1) is 5.82 Å². The zero-order chi connectivity index (χ0) is 14.5. The highest BCUT2D eigenvalue weighted by Crippen LogP contribution is 2.28. The first-order valence-corrected chi connectivity index (χ1v) is 6.63. The first-order valence-electron chi connectivity index (χ1n) is 6.63. The summed E-state index contributed by atoms with van der Waals surface area (Å²) in [6.45, 7) is 4.58. The van der Waals surface area contributed by atoms with E-state index >= 15 is 0 Å². The molecule has 0 radical (unpaired) electrons. The molecule has 0 saturated heterocycles. The van der Waals surface area contributed by atoms with Gasteiger partial charge in [0.15, 0.2) is 0 Å². The lowest BCUT2D eigenvalue weighted by Gasteiger charge is -2.11. The maximum absolute atomic E-state index is 14.1. The predicted molar refractivity (Wildman–Crippen MR) is 78.2 cm³/mol. The van der Waals surface area contributed by atoms with Crippen molar-refractivity contribution >= 4 is 0 Å². The Morgan fingerprint density at radius 3 is 2.75 bits per heavy atom. The molecule has 0 aliphatic heterocycles. The first-order chi connectivity index (χ1) is 9.61. The average molecular weight is 274 g/mol. The molecule has 0 saturated carbocycles. The third-order valence-corrected chi connectivity index (χ3v) is 3.02. The molecule has 0 spiro atoms. The Morgan fingerprint density at radius 1 is 1.30 bits per heavy atom. The van der Waals surface area contributed by atoms with E-state index in [0.717, 1.165) is 0 Å². The van der Waals surface area contributed by atoms with Gasteiger partial charge in [-0.15, -0.1) is 0 Å². The van der Waals surface area contributed by atoms with E-state index < -0.39 is 0 Å². The van der Waals surface area contributed by atoms with E-state index in [-0.39, 0.29) is 5.82 Å². The van der Waals surface area contributed by atoms with Crippen molar-refractivity contribution in [2.45, 2.75) is 26.4 Å². The van der Waals surface area contributed by atoms with Crippen LogP contribution in [0.5, 0.6) is 5.75 Å². The van der Waals surface area contributed by atoms with E-state index in [0.29, 0.717) is 35.2 Å². The van der Waals surface area contributed by atoms with E-state index in [4.69, 9.17) is 4.74 Å². The fourth-order valence-corrected chi connectivity index (χ4v) is 1.92. The zero-order valence-electron chi connectivity index (χ0n) is 12.0. The van der Waals surface area contributed by atoms with E-state index in [2.05, 4.69) is 10.3 Å². The molecule has 0 fully saturated rings. The fraction of sp³-hybridized carbons (Fsp3) is 0.312. The molecular formula is C16H19FN2O. The number of methoxy groups -OCH3 is 1. The van der Waals surface area contributed by atoms with E-state index in [1.807, 2.05) is 26.0 Å². The Labute approximate surface area is 118 Å². The summed E-state index contributed by atoms with van der Waals surface area (Å²) in [6, 6.07) is 9.08. The van der Waals surface area contributed by atoms with Crippen molar-refractivity contribution < 1.29 is 9.13 Å². The van der Waals surface area contributed by atoms with Crippen LogP contribution in [0.15, 0.2) is 36.5 Å². The number of hydrogen-bond donors (Lipinski definition) is 1. The summed E-state index contributed by atoms with van der Waals surface area (Å²) in [5.74, 6) is 0.406. The van der Waals surface area contributed by atoms with Crippen LogP contribution in [0.2, 0.25) is 0 Å². The van der Waals surface area contributed by atoms with Crippen molar-refractivity contribution in [2.24, 2.45) is 0 Å². The van der Waals surface area contributed by atoms with E-state index in [9.17, 15) is 4.39 Å². The molecule has 106 valence electrons. The van der Waals surface area contributed by atoms with Crippen LogP contribution in [0.1, 0.15) is 19.4 Å². The highest BCUT2D eigenvalue weighted by atomic mass is 19.1. The van der Waals surface area contributed by atoms with Gasteiger partial charge < -0.3 is 10.1 Å². The van der Waals surface area contributed by atoms with Gasteiger partial charge in [-0.2, -0.15) is 0 Å². The molecule has 20 heavy (non-hydrogen) atoms. The molecule has 0 atom stereocenters. The Hall–Kier alpha value is -1.94. The van der Waals surface area contributed by atoms with Gasteiger partial charge in [-0.1, -0.05) is 26.0 Å². The first kappa shape index (κ1) is 14.5. The van der Waals surface area contributed by atoms with Gasteiger partial charge in [0.25, 0.3) is 0 Å². The average Bonchev–Trinajstić information content (AvgIpc) is 2.45. The van der Waals surface area contributed by atoms with Crippen LogP contribution < -0.4 is 10.1 Å². The summed E-state index contributed by atoms with van der Waals surface area (Å²) in [7, 11) is 1.58. The molecule has 0 aliphatic carbocycles. The van der Waals surface area contributed by atoms with Gasteiger partial charge >= 0.3 is 0 Å². The van der Waals surface area contributed by atoms with Gasteiger partial charge in [0.05, 0.1) is 7.11 Å². The minimum atomic E-state index is -0.233. The van der Waals surface area contributed by atoms with Crippen LogP contribution in [0.3, 0.4) is 0 Å². The third-order valence-electron chi connectivity index (χ3n) is 3.02. The summed E-state index contributed by atoms with van der Waals surface area (Å²) in [6.07, 6.45) is 1.67. The van der Waals surface area contributed by atoms with Crippen LogP contribution >= 0.6 is 0 Å².